The van der Waals surface area contributed by atoms with E-state index in [0.29, 0.717) is 11.0 Å². The third kappa shape index (κ3) is 2.91. The quantitative estimate of drug-likeness (QED) is 0.737. The third-order valence-corrected chi connectivity index (χ3v) is 2.26. The molecule has 0 aliphatic carbocycles. The Bertz CT molecular complexity index is 486. The lowest BCUT2D eigenvalue weighted by atomic mass is 10.2. The molecule has 2 nitrogen and oxygen atoms in total. The SMILES string of the molecule is Cc1cc(Cl)nc(C=Cc2ccccc2)n1. The van der Waals surface area contributed by atoms with Crippen LogP contribution in [0.4, 0.5) is 0 Å². The van der Waals surface area contributed by atoms with Gasteiger partial charge in [0.05, 0.1) is 0 Å². The molecular weight excluding hydrogens is 220 g/mol. The molecule has 80 valence electrons. The van der Waals surface area contributed by atoms with E-state index in [1.807, 2.05) is 49.4 Å². The molecule has 0 radical (unpaired) electrons. The molecule has 0 fully saturated rings. The van der Waals surface area contributed by atoms with Crippen LogP contribution in [-0.4, -0.2) is 9.97 Å². The molecule has 3 heteroatoms. The van der Waals surface area contributed by atoms with Gasteiger partial charge in [0, 0.05) is 5.69 Å². The molecule has 1 aromatic heterocycles. The molecule has 1 heterocycles. The second kappa shape index (κ2) is 4.90. The highest BCUT2D eigenvalue weighted by atomic mass is 35.5. The van der Waals surface area contributed by atoms with Crippen molar-refractivity contribution in [3.63, 3.8) is 0 Å². The summed E-state index contributed by atoms with van der Waals surface area (Å²) in [7, 11) is 0. The second-order valence-electron chi connectivity index (χ2n) is 3.43. The Morgan fingerprint density at radius 1 is 1.06 bits per heavy atom. The first-order valence-corrected chi connectivity index (χ1v) is 5.36. The molecule has 0 spiro atoms. The fourth-order valence-corrected chi connectivity index (χ4v) is 1.61. The highest BCUT2D eigenvalue weighted by molar-refractivity contribution is 6.29. The second-order valence-corrected chi connectivity index (χ2v) is 3.82. The van der Waals surface area contributed by atoms with Gasteiger partial charge in [-0.15, -0.1) is 0 Å². The molecule has 0 unspecified atom stereocenters. The molecule has 0 aliphatic rings. The summed E-state index contributed by atoms with van der Waals surface area (Å²) >= 11 is 5.85. The summed E-state index contributed by atoms with van der Waals surface area (Å²) in [6, 6.07) is 11.7. The number of aryl methyl sites for hydroxylation is 1. The van der Waals surface area contributed by atoms with Gasteiger partial charge in [0.25, 0.3) is 0 Å². The number of rotatable bonds is 2. The average Bonchev–Trinajstić information content (AvgIpc) is 2.27. The van der Waals surface area contributed by atoms with E-state index in [-0.39, 0.29) is 0 Å². The van der Waals surface area contributed by atoms with Gasteiger partial charge in [-0.05, 0) is 24.6 Å². The smallest absolute Gasteiger partial charge is 0.153 e. The van der Waals surface area contributed by atoms with Crippen LogP contribution in [0.25, 0.3) is 12.2 Å². The first-order chi connectivity index (χ1) is 7.74. The first-order valence-electron chi connectivity index (χ1n) is 4.98. The molecule has 2 aromatic rings. The van der Waals surface area contributed by atoms with E-state index in [1.54, 1.807) is 6.07 Å². The van der Waals surface area contributed by atoms with Gasteiger partial charge in [-0.2, -0.15) is 0 Å². The molecule has 0 bridgehead atoms. The van der Waals surface area contributed by atoms with Gasteiger partial charge in [0.15, 0.2) is 5.82 Å². The van der Waals surface area contributed by atoms with Crippen LogP contribution in [-0.2, 0) is 0 Å². The lowest BCUT2D eigenvalue weighted by Crippen LogP contribution is -1.90. The van der Waals surface area contributed by atoms with E-state index in [9.17, 15) is 0 Å². The molecule has 0 N–H and O–H groups in total. The Morgan fingerprint density at radius 3 is 2.50 bits per heavy atom. The summed E-state index contributed by atoms with van der Waals surface area (Å²) in [6.45, 7) is 1.90. The first kappa shape index (κ1) is 10.8. The number of nitrogens with zero attached hydrogens (tertiary/aromatic N) is 2. The fraction of sp³-hybridized carbons (Fsp3) is 0.0769. The van der Waals surface area contributed by atoms with Crippen molar-refractivity contribution in [3.8, 4) is 0 Å². The minimum atomic E-state index is 0.472. The van der Waals surface area contributed by atoms with Crippen molar-refractivity contribution >= 4 is 23.8 Å². The lowest BCUT2D eigenvalue weighted by Gasteiger charge is -1.96. The summed E-state index contributed by atoms with van der Waals surface area (Å²) in [5.41, 5.74) is 1.98. The number of benzene rings is 1. The standard InChI is InChI=1S/C13H11ClN2/c1-10-9-12(14)16-13(15-10)8-7-11-5-3-2-4-6-11/h2-9H,1H3. The maximum atomic E-state index is 5.85. The number of hydrogen-bond donors (Lipinski definition) is 0. The summed E-state index contributed by atoms with van der Waals surface area (Å²) in [4.78, 5) is 8.38. The zero-order valence-electron chi connectivity index (χ0n) is 8.89. The van der Waals surface area contributed by atoms with Crippen LogP contribution < -0.4 is 0 Å². The summed E-state index contributed by atoms with van der Waals surface area (Å²) in [5.74, 6) is 0.633. The predicted octanol–water partition coefficient (Wildman–Crippen LogP) is 3.61. The van der Waals surface area contributed by atoms with E-state index in [2.05, 4.69) is 9.97 Å². The van der Waals surface area contributed by atoms with Crippen molar-refractivity contribution < 1.29 is 0 Å². The Labute approximate surface area is 99.6 Å². The maximum Gasteiger partial charge on any atom is 0.153 e. The predicted molar refractivity (Wildman–Crippen MR) is 67.1 cm³/mol. The van der Waals surface area contributed by atoms with Gasteiger partial charge in [0.2, 0.25) is 0 Å². The van der Waals surface area contributed by atoms with Crippen LogP contribution in [0.5, 0.6) is 0 Å². The largest absolute Gasteiger partial charge is 0.234 e. The highest BCUT2D eigenvalue weighted by Crippen LogP contribution is 2.09. The van der Waals surface area contributed by atoms with E-state index >= 15 is 0 Å². The third-order valence-electron chi connectivity index (χ3n) is 2.06. The molecule has 0 aliphatic heterocycles. The number of aromatic nitrogens is 2. The van der Waals surface area contributed by atoms with E-state index in [4.69, 9.17) is 11.6 Å². The normalized spacial score (nSPS) is 10.9. The van der Waals surface area contributed by atoms with Crippen LogP contribution in [0.3, 0.4) is 0 Å². The molecule has 1 aromatic carbocycles. The molecule has 0 saturated carbocycles. The van der Waals surface area contributed by atoms with Crippen molar-refractivity contribution in [1.29, 1.82) is 0 Å². The van der Waals surface area contributed by atoms with Gasteiger partial charge < -0.3 is 0 Å². The van der Waals surface area contributed by atoms with Crippen molar-refractivity contribution in [3.05, 3.63) is 58.6 Å². The fourth-order valence-electron chi connectivity index (χ4n) is 1.36. The summed E-state index contributed by atoms with van der Waals surface area (Å²) < 4.78 is 0. The van der Waals surface area contributed by atoms with Crippen molar-refractivity contribution in [1.82, 2.24) is 9.97 Å². The van der Waals surface area contributed by atoms with Gasteiger partial charge in [-0.3, -0.25) is 0 Å². The Hall–Kier alpha value is -1.67. The Kier molecular flexibility index (Phi) is 3.32. The highest BCUT2D eigenvalue weighted by Gasteiger charge is 1.96. The molecular formula is C13H11ClN2. The van der Waals surface area contributed by atoms with Crippen LogP contribution >= 0.6 is 11.6 Å². The van der Waals surface area contributed by atoms with E-state index < -0.39 is 0 Å². The number of hydrogen-bond acceptors (Lipinski definition) is 2. The van der Waals surface area contributed by atoms with E-state index in [1.165, 1.54) is 0 Å². The maximum absolute atomic E-state index is 5.85. The van der Waals surface area contributed by atoms with Crippen LogP contribution in [0.1, 0.15) is 17.1 Å². The number of halogens is 1. The lowest BCUT2D eigenvalue weighted by molar-refractivity contribution is 1.08. The summed E-state index contributed by atoms with van der Waals surface area (Å²) in [5, 5.41) is 0.472. The molecule has 2 rings (SSSR count). The summed E-state index contributed by atoms with van der Waals surface area (Å²) in [6.07, 6.45) is 3.82. The van der Waals surface area contributed by atoms with Crippen molar-refractivity contribution in [2.45, 2.75) is 6.92 Å². The van der Waals surface area contributed by atoms with E-state index in [0.717, 1.165) is 11.3 Å². The van der Waals surface area contributed by atoms with Crippen LogP contribution in [0.15, 0.2) is 36.4 Å². The van der Waals surface area contributed by atoms with Gasteiger partial charge in [0.1, 0.15) is 5.15 Å². The minimum Gasteiger partial charge on any atom is -0.234 e. The molecule has 16 heavy (non-hydrogen) atoms. The molecule has 0 saturated heterocycles. The molecule has 0 amide bonds. The van der Waals surface area contributed by atoms with Crippen molar-refractivity contribution in [2.75, 3.05) is 0 Å². The minimum absolute atomic E-state index is 0.472. The topological polar surface area (TPSA) is 25.8 Å². The Morgan fingerprint density at radius 2 is 1.81 bits per heavy atom. The average molecular weight is 231 g/mol. The molecule has 0 atom stereocenters. The van der Waals surface area contributed by atoms with Gasteiger partial charge in [-0.1, -0.05) is 48.0 Å². The van der Waals surface area contributed by atoms with Gasteiger partial charge >= 0.3 is 0 Å². The van der Waals surface area contributed by atoms with Gasteiger partial charge in [-0.25, -0.2) is 9.97 Å². The van der Waals surface area contributed by atoms with Crippen molar-refractivity contribution in [2.24, 2.45) is 0 Å². The zero-order chi connectivity index (χ0) is 11.4. The Balaban J connectivity index is 2.24. The van der Waals surface area contributed by atoms with Crippen LogP contribution in [0, 0.1) is 6.92 Å². The monoisotopic (exact) mass is 230 g/mol. The van der Waals surface area contributed by atoms with Crippen LogP contribution in [0.2, 0.25) is 5.15 Å². The zero-order valence-corrected chi connectivity index (χ0v) is 9.65.